The Balaban J connectivity index is 3.45. The maximum Gasteiger partial charge on any atom is 0.167 e. The quantitative estimate of drug-likeness (QED) is 0.637. The van der Waals surface area contributed by atoms with Crippen molar-refractivity contribution in [2.24, 2.45) is 0 Å². The molecule has 0 aromatic heterocycles. The third-order valence-electron chi connectivity index (χ3n) is 2.61. The topological polar surface area (TPSA) is 66.8 Å². The summed E-state index contributed by atoms with van der Waals surface area (Å²) in [5.41, 5.74) is 1.70. The van der Waals surface area contributed by atoms with Crippen LogP contribution in [0.5, 0.6) is 17.2 Å². The number of Topliss-reactive ketones (excluding diaryl/α,β-unsaturated/α-hetero) is 1. The van der Waals surface area contributed by atoms with Crippen LogP contribution < -0.4 is 4.74 Å². The number of hydrogen-bond acceptors (Lipinski definition) is 4. The number of phenols is 2. The molecule has 0 aliphatic heterocycles. The molecule has 0 spiro atoms. The first-order valence-electron chi connectivity index (χ1n) is 5.64. The number of phenolic OH excluding ortho intramolecular Hbond substituents is 2. The fourth-order valence-corrected chi connectivity index (χ4v) is 1.74. The van der Waals surface area contributed by atoms with Crippen LogP contribution in [0.15, 0.2) is 17.7 Å². The van der Waals surface area contributed by atoms with Crippen molar-refractivity contribution in [1.82, 2.24) is 0 Å². The van der Waals surface area contributed by atoms with Gasteiger partial charge in [-0.15, -0.1) is 0 Å². The minimum absolute atomic E-state index is 0.0770. The monoisotopic (exact) mass is 250 g/mol. The molecule has 4 nitrogen and oxygen atoms in total. The van der Waals surface area contributed by atoms with Crippen molar-refractivity contribution >= 4 is 5.78 Å². The largest absolute Gasteiger partial charge is 0.507 e. The molecule has 0 radical (unpaired) electrons. The van der Waals surface area contributed by atoms with Gasteiger partial charge in [0.2, 0.25) is 0 Å². The summed E-state index contributed by atoms with van der Waals surface area (Å²) >= 11 is 0. The lowest BCUT2D eigenvalue weighted by Crippen LogP contribution is -2.02. The van der Waals surface area contributed by atoms with E-state index in [-0.39, 0.29) is 28.6 Å². The molecule has 0 saturated heterocycles. The zero-order valence-electron chi connectivity index (χ0n) is 11.1. The minimum atomic E-state index is -0.303. The van der Waals surface area contributed by atoms with Gasteiger partial charge in [-0.3, -0.25) is 4.79 Å². The molecule has 0 aliphatic rings. The summed E-state index contributed by atoms with van der Waals surface area (Å²) in [5.74, 6) is -0.412. The van der Waals surface area contributed by atoms with Crippen molar-refractivity contribution < 1.29 is 19.7 Å². The fourth-order valence-electron chi connectivity index (χ4n) is 1.74. The van der Waals surface area contributed by atoms with E-state index in [1.807, 2.05) is 19.9 Å². The summed E-state index contributed by atoms with van der Waals surface area (Å²) in [6.45, 7) is 5.23. The van der Waals surface area contributed by atoms with Gasteiger partial charge in [-0.2, -0.15) is 0 Å². The van der Waals surface area contributed by atoms with Crippen molar-refractivity contribution in [2.75, 3.05) is 7.11 Å². The van der Waals surface area contributed by atoms with E-state index >= 15 is 0 Å². The van der Waals surface area contributed by atoms with Gasteiger partial charge in [0.1, 0.15) is 22.8 Å². The van der Waals surface area contributed by atoms with E-state index in [0.29, 0.717) is 12.0 Å². The molecule has 0 bridgehead atoms. The molecule has 98 valence electrons. The molecule has 0 heterocycles. The van der Waals surface area contributed by atoms with Gasteiger partial charge in [0, 0.05) is 11.6 Å². The summed E-state index contributed by atoms with van der Waals surface area (Å²) < 4.78 is 5.16. The Labute approximate surface area is 107 Å². The molecular formula is C14H18O4. The maximum absolute atomic E-state index is 11.5. The van der Waals surface area contributed by atoms with Gasteiger partial charge < -0.3 is 14.9 Å². The summed E-state index contributed by atoms with van der Waals surface area (Å²) in [5, 5.41) is 19.5. The maximum atomic E-state index is 11.5. The predicted molar refractivity (Wildman–Crippen MR) is 69.5 cm³/mol. The molecular weight excluding hydrogens is 232 g/mol. The summed E-state index contributed by atoms with van der Waals surface area (Å²) in [6, 6.07) is 1.17. The zero-order valence-corrected chi connectivity index (χ0v) is 11.1. The molecule has 0 amide bonds. The zero-order chi connectivity index (χ0) is 13.9. The Hall–Kier alpha value is -1.97. The highest BCUT2D eigenvalue weighted by Crippen LogP contribution is 2.38. The summed E-state index contributed by atoms with van der Waals surface area (Å²) in [7, 11) is 1.41. The summed E-state index contributed by atoms with van der Waals surface area (Å²) in [6.07, 6.45) is 2.36. The van der Waals surface area contributed by atoms with E-state index in [9.17, 15) is 15.0 Å². The molecule has 1 rings (SSSR count). The van der Waals surface area contributed by atoms with Crippen molar-refractivity contribution in [2.45, 2.75) is 27.2 Å². The highest BCUT2D eigenvalue weighted by atomic mass is 16.5. The van der Waals surface area contributed by atoms with Gasteiger partial charge >= 0.3 is 0 Å². The fraction of sp³-hybridized carbons (Fsp3) is 0.357. The number of aromatic hydroxyl groups is 2. The first kappa shape index (κ1) is 14.1. The number of ether oxygens (including phenoxy) is 1. The van der Waals surface area contributed by atoms with Crippen LogP contribution in [0.2, 0.25) is 0 Å². The van der Waals surface area contributed by atoms with Gasteiger partial charge in [0.15, 0.2) is 5.78 Å². The molecule has 0 atom stereocenters. The number of carbonyl (C=O) groups excluding carboxylic acids is 1. The molecule has 4 heteroatoms. The van der Waals surface area contributed by atoms with E-state index in [1.54, 1.807) is 0 Å². The number of ketones is 1. The Kier molecular flexibility index (Phi) is 4.37. The second-order valence-electron chi connectivity index (χ2n) is 4.34. The first-order chi connectivity index (χ1) is 8.38. The molecule has 2 N–H and O–H groups in total. The number of benzene rings is 1. The highest BCUT2D eigenvalue weighted by Gasteiger charge is 2.20. The van der Waals surface area contributed by atoms with E-state index in [4.69, 9.17) is 4.74 Å². The normalized spacial score (nSPS) is 10.0. The molecule has 1 aromatic rings. The first-order valence-corrected chi connectivity index (χ1v) is 5.64. The highest BCUT2D eigenvalue weighted by molar-refractivity contribution is 6.00. The Bertz CT molecular complexity index is 497. The smallest absolute Gasteiger partial charge is 0.167 e. The van der Waals surface area contributed by atoms with Crippen molar-refractivity contribution in [3.63, 3.8) is 0 Å². The van der Waals surface area contributed by atoms with Crippen molar-refractivity contribution in [1.29, 1.82) is 0 Å². The van der Waals surface area contributed by atoms with Gasteiger partial charge in [-0.25, -0.2) is 0 Å². The van der Waals surface area contributed by atoms with E-state index in [1.165, 1.54) is 20.1 Å². The lowest BCUT2D eigenvalue weighted by molar-refractivity contribution is 0.101. The van der Waals surface area contributed by atoms with Crippen molar-refractivity contribution in [3.8, 4) is 17.2 Å². The number of carbonyl (C=O) groups is 1. The van der Waals surface area contributed by atoms with Gasteiger partial charge in [-0.05, 0) is 27.2 Å². The second-order valence-corrected chi connectivity index (χ2v) is 4.34. The van der Waals surface area contributed by atoms with Crippen LogP contribution in [-0.2, 0) is 6.42 Å². The number of methoxy groups -OCH3 is 1. The predicted octanol–water partition coefficient (Wildman–Crippen LogP) is 2.82. The molecule has 0 saturated carbocycles. The molecule has 18 heavy (non-hydrogen) atoms. The van der Waals surface area contributed by atoms with Gasteiger partial charge in [0.05, 0.1) is 7.11 Å². The number of allylic oxidation sites excluding steroid dienone is 2. The Morgan fingerprint density at radius 1 is 1.28 bits per heavy atom. The SMILES string of the molecule is COc1c(CC=C(C)C)c(O)cc(O)c1C(C)=O. The number of rotatable bonds is 4. The van der Waals surface area contributed by atoms with Crippen LogP contribution in [-0.4, -0.2) is 23.1 Å². The van der Waals surface area contributed by atoms with Crippen LogP contribution in [0.4, 0.5) is 0 Å². The molecule has 0 fully saturated rings. The number of hydrogen-bond donors (Lipinski definition) is 2. The van der Waals surface area contributed by atoms with E-state index < -0.39 is 0 Å². The van der Waals surface area contributed by atoms with E-state index in [0.717, 1.165) is 5.57 Å². The molecule has 0 unspecified atom stereocenters. The lowest BCUT2D eigenvalue weighted by Gasteiger charge is -2.14. The van der Waals surface area contributed by atoms with Crippen LogP contribution in [0, 0.1) is 0 Å². The van der Waals surface area contributed by atoms with Crippen LogP contribution in [0.25, 0.3) is 0 Å². The van der Waals surface area contributed by atoms with Crippen LogP contribution >= 0.6 is 0 Å². The third kappa shape index (κ3) is 2.83. The van der Waals surface area contributed by atoms with Gasteiger partial charge in [-0.1, -0.05) is 11.6 Å². The van der Waals surface area contributed by atoms with E-state index in [2.05, 4.69) is 0 Å². The minimum Gasteiger partial charge on any atom is -0.507 e. The third-order valence-corrected chi connectivity index (χ3v) is 2.61. The average Bonchev–Trinajstić information content (AvgIpc) is 2.25. The standard InChI is InChI=1S/C14H18O4/c1-8(2)5-6-10-11(16)7-12(17)13(9(3)15)14(10)18-4/h5,7,16-17H,6H2,1-4H3. The summed E-state index contributed by atoms with van der Waals surface area (Å²) in [4.78, 5) is 11.5. The van der Waals surface area contributed by atoms with Crippen LogP contribution in [0.1, 0.15) is 36.7 Å². The Morgan fingerprint density at radius 2 is 1.89 bits per heavy atom. The molecule has 1 aromatic carbocycles. The second kappa shape index (κ2) is 5.58. The van der Waals surface area contributed by atoms with Gasteiger partial charge in [0.25, 0.3) is 0 Å². The van der Waals surface area contributed by atoms with Crippen LogP contribution in [0.3, 0.4) is 0 Å². The van der Waals surface area contributed by atoms with Crippen molar-refractivity contribution in [3.05, 3.63) is 28.8 Å². The molecule has 0 aliphatic carbocycles. The lowest BCUT2D eigenvalue weighted by atomic mass is 10.0. The average molecular weight is 250 g/mol. The Morgan fingerprint density at radius 3 is 2.33 bits per heavy atom.